The van der Waals surface area contributed by atoms with Crippen molar-refractivity contribution in [2.75, 3.05) is 16.8 Å². The van der Waals surface area contributed by atoms with Crippen molar-refractivity contribution in [1.82, 2.24) is 4.98 Å². The highest BCUT2D eigenvalue weighted by molar-refractivity contribution is 9.10. The number of fused-ring (bicyclic) bond motifs is 2. The molecule has 6 rings (SSSR count). The summed E-state index contributed by atoms with van der Waals surface area (Å²) < 4.78 is 6.75. The van der Waals surface area contributed by atoms with Crippen molar-refractivity contribution in [3.8, 4) is 5.75 Å². The Morgan fingerprint density at radius 1 is 1.07 bits per heavy atom. The second-order valence-corrected chi connectivity index (χ2v) is 13.1. The maximum absolute atomic E-state index is 14.0. The number of aromatic amines is 1. The van der Waals surface area contributed by atoms with Crippen LogP contribution in [0.3, 0.4) is 0 Å². The number of amides is 3. The van der Waals surface area contributed by atoms with Crippen molar-refractivity contribution in [2.24, 2.45) is 5.92 Å². The largest absolute Gasteiger partial charge is 0.483 e. The van der Waals surface area contributed by atoms with E-state index in [2.05, 4.69) is 26.2 Å². The second-order valence-electron chi connectivity index (χ2n) is 9.57. The fourth-order valence-electron chi connectivity index (χ4n) is 5.13. The molecular formula is C29H21BrClN3O5S2. The van der Waals surface area contributed by atoms with Gasteiger partial charge in [-0.3, -0.25) is 19.2 Å². The van der Waals surface area contributed by atoms with E-state index in [0.717, 1.165) is 21.4 Å². The Kier molecular flexibility index (Phi) is 7.54. The van der Waals surface area contributed by atoms with Crippen LogP contribution in [0.1, 0.15) is 21.9 Å². The molecule has 0 spiro atoms. The zero-order valence-corrected chi connectivity index (χ0v) is 25.3. The number of thioether (sulfide) groups is 1. The summed E-state index contributed by atoms with van der Waals surface area (Å²) in [5, 5.41) is 3.12. The van der Waals surface area contributed by atoms with E-state index < -0.39 is 17.1 Å². The maximum Gasteiger partial charge on any atom is 0.305 e. The molecule has 1 aromatic heterocycles. The van der Waals surface area contributed by atoms with Gasteiger partial charge in [-0.2, -0.15) is 0 Å². The third-order valence-electron chi connectivity index (χ3n) is 6.99. The second kappa shape index (κ2) is 11.1. The monoisotopic (exact) mass is 669 g/mol. The van der Waals surface area contributed by atoms with Gasteiger partial charge in [0, 0.05) is 31.5 Å². The zero-order chi connectivity index (χ0) is 28.8. The number of hydrogen-bond acceptors (Lipinski definition) is 7. The fraction of sp³-hybridized carbons (Fsp3) is 0.172. The van der Waals surface area contributed by atoms with Crippen LogP contribution < -0.4 is 19.8 Å². The number of carbonyl (C=O) groups excluding carboxylic acids is 3. The molecule has 4 aromatic rings. The van der Waals surface area contributed by atoms with Gasteiger partial charge >= 0.3 is 4.87 Å². The third kappa shape index (κ3) is 5.23. The Morgan fingerprint density at radius 3 is 2.59 bits per heavy atom. The van der Waals surface area contributed by atoms with Crippen LogP contribution in [-0.2, 0) is 14.4 Å². The summed E-state index contributed by atoms with van der Waals surface area (Å²) in [6.45, 7) is 1.62. The molecule has 0 radical (unpaired) electrons. The van der Waals surface area contributed by atoms with Crippen LogP contribution in [0.15, 0.2) is 81.0 Å². The maximum atomic E-state index is 14.0. The lowest BCUT2D eigenvalue weighted by atomic mass is 9.82. The summed E-state index contributed by atoms with van der Waals surface area (Å²) in [5.74, 6) is -2.20. The smallest absolute Gasteiger partial charge is 0.305 e. The number of carbonyl (C=O) groups is 3. The fourth-order valence-corrected chi connectivity index (χ4v) is 8.14. The highest BCUT2D eigenvalue weighted by Gasteiger charge is 2.56. The summed E-state index contributed by atoms with van der Waals surface area (Å²) in [4.78, 5) is 57.3. The zero-order valence-electron chi connectivity index (χ0n) is 21.4. The van der Waals surface area contributed by atoms with Crippen molar-refractivity contribution in [3.63, 3.8) is 0 Å². The highest BCUT2D eigenvalue weighted by Crippen LogP contribution is 2.54. The van der Waals surface area contributed by atoms with Gasteiger partial charge in [-0.25, -0.2) is 4.90 Å². The van der Waals surface area contributed by atoms with E-state index in [9.17, 15) is 19.2 Å². The number of ether oxygens (including phenoxy) is 1. The Labute approximate surface area is 256 Å². The predicted molar refractivity (Wildman–Crippen MR) is 163 cm³/mol. The first kappa shape index (κ1) is 27.8. The van der Waals surface area contributed by atoms with Gasteiger partial charge in [0.1, 0.15) is 11.0 Å². The van der Waals surface area contributed by atoms with Gasteiger partial charge in [-0.1, -0.05) is 68.8 Å². The van der Waals surface area contributed by atoms with Crippen LogP contribution in [0.25, 0.3) is 0 Å². The first-order chi connectivity index (χ1) is 19.7. The number of rotatable bonds is 6. The number of para-hydroxylation sites is 1. The van der Waals surface area contributed by atoms with Gasteiger partial charge in [-0.05, 0) is 61.0 Å². The first-order valence-corrected chi connectivity index (χ1v) is 15.4. The van der Waals surface area contributed by atoms with E-state index in [4.69, 9.17) is 16.3 Å². The predicted octanol–water partition coefficient (Wildman–Crippen LogP) is 5.97. The molecule has 208 valence electrons. The Hall–Kier alpha value is -3.38. The Balaban J connectivity index is 1.37. The molecule has 3 atom stereocenters. The van der Waals surface area contributed by atoms with Crippen LogP contribution in [0, 0.1) is 12.8 Å². The normalized spacial score (nSPS) is 19.6. The SMILES string of the molecule is Cc1ccccc1NC(=O)COc1ccc(Br)cc1C1c2sc(=O)[nH]c2SC2C(=O)N(c3ccc(Cl)cc3)C(=O)C21. The number of anilines is 2. The minimum atomic E-state index is -0.806. The summed E-state index contributed by atoms with van der Waals surface area (Å²) >= 11 is 11.8. The summed E-state index contributed by atoms with van der Waals surface area (Å²) in [6.07, 6.45) is 0. The molecule has 3 amide bonds. The van der Waals surface area contributed by atoms with Gasteiger partial charge < -0.3 is 15.0 Å². The molecule has 0 aliphatic carbocycles. The molecule has 8 nitrogen and oxygen atoms in total. The van der Waals surface area contributed by atoms with E-state index in [-0.39, 0.29) is 29.2 Å². The number of benzene rings is 3. The van der Waals surface area contributed by atoms with Crippen LogP contribution in [-0.4, -0.2) is 34.6 Å². The van der Waals surface area contributed by atoms with E-state index in [0.29, 0.717) is 37.6 Å². The molecule has 2 N–H and O–H groups in total. The molecule has 3 unspecified atom stereocenters. The number of nitrogens with zero attached hydrogens (tertiary/aromatic N) is 1. The topological polar surface area (TPSA) is 109 Å². The van der Waals surface area contributed by atoms with Gasteiger partial charge in [0.05, 0.1) is 16.6 Å². The Morgan fingerprint density at radius 2 is 1.83 bits per heavy atom. The van der Waals surface area contributed by atoms with Crippen LogP contribution in [0.4, 0.5) is 11.4 Å². The number of thiazole rings is 1. The van der Waals surface area contributed by atoms with Crippen molar-refractivity contribution >= 4 is 79.7 Å². The van der Waals surface area contributed by atoms with Gasteiger partial charge in [-0.15, -0.1) is 0 Å². The standard InChI is InChI=1S/C29H21BrClN3O5S2/c1-14-4-2-3-5-19(14)32-21(35)13-39-20-11-6-15(30)12-18(20)22-23-25(40-26-24(22)41-29(38)33-26)28(37)34(27(23)36)17-9-7-16(31)8-10-17/h2-12,22-23,25H,13H2,1H3,(H,32,35)(H,33,38). The van der Waals surface area contributed by atoms with Crippen molar-refractivity contribution in [3.05, 3.63) is 102 Å². The molecule has 3 heterocycles. The van der Waals surface area contributed by atoms with Crippen molar-refractivity contribution in [1.29, 1.82) is 0 Å². The van der Waals surface area contributed by atoms with E-state index in [1.807, 2.05) is 37.3 Å². The van der Waals surface area contributed by atoms with Gasteiger partial charge in [0.2, 0.25) is 11.8 Å². The van der Waals surface area contributed by atoms with Crippen LogP contribution in [0.2, 0.25) is 5.02 Å². The molecule has 1 fully saturated rings. The lowest BCUT2D eigenvalue weighted by Gasteiger charge is -2.31. The van der Waals surface area contributed by atoms with Gasteiger partial charge in [0.25, 0.3) is 5.91 Å². The number of aryl methyl sites for hydroxylation is 1. The van der Waals surface area contributed by atoms with Crippen molar-refractivity contribution < 1.29 is 19.1 Å². The molecular weight excluding hydrogens is 650 g/mol. The minimum absolute atomic E-state index is 0.279. The molecule has 1 saturated heterocycles. The number of hydrogen-bond donors (Lipinski definition) is 2. The number of halogens is 2. The molecule has 12 heteroatoms. The first-order valence-electron chi connectivity index (χ1n) is 12.5. The number of imide groups is 1. The molecule has 2 aliphatic heterocycles. The molecule has 0 saturated carbocycles. The number of nitrogens with one attached hydrogen (secondary N) is 2. The summed E-state index contributed by atoms with van der Waals surface area (Å²) in [6, 6.07) is 19.2. The van der Waals surface area contributed by atoms with Crippen LogP contribution >= 0.6 is 50.6 Å². The lowest BCUT2D eigenvalue weighted by Crippen LogP contribution is -2.32. The van der Waals surface area contributed by atoms with E-state index in [1.54, 1.807) is 36.4 Å². The molecule has 0 bridgehead atoms. The minimum Gasteiger partial charge on any atom is -0.483 e. The van der Waals surface area contributed by atoms with E-state index >= 15 is 0 Å². The lowest BCUT2D eigenvalue weighted by molar-refractivity contribution is -0.122. The quantitative estimate of drug-likeness (QED) is 0.245. The van der Waals surface area contributed by atoms with E-state index in [1.165, 1.54) is 16.7 Å². The summed E-state index contributed by atoms with van der Waals surface area (Å²) in [7, 11) is 0. The van der Waals surface area contributed by atoms with Crippen molar-refractivity contribution in [2.45, 2.75) is 23.1 Å². The highest BCUT2D eigenvalue weighted by atomic mass is 79.9. The molecule has 41 heavy (non-hydrogen) atoms. The molecule has 3 aromatic carbocycles. The van der Waals surface area contributed by atoms with Gasteiger partial charge in [0.15, 0.2) is 6.61 Å². The Bertz CT molecular complexity index is 1760. The van der Waals surface area contributed by atoms with Crippen LogP contribution in [0.5, 0.6) is 5.75 Å². The third-order valence-corrected chi connectivity index (χ3v) is 10.1. The average molecular weight is 671 g/mol. The molecule has 2 aliphatic rings. The number of aromatic nitrogens is 1. The summed E-state index contributed by atoms with van der Waals surface area (Å²) in [5.41, 5.74) is 2.62. The average Bonchev–Trinajstić information content (AvgIpc) is 3.44. The number of H-pyrrole nitrogens is 1.